The highest BCUT2D eigenvalue weighted by molar-refractivity contribution is 5.46. The van der Waals surface area contributed by atoms with Gasteiger partial charge in [-0.05, 0) is 61.4 Å². The zero-order valence-electron chi connectivity index (χ0n) is 23.1. The first-order valence-corrected chi connectivity index (χ1v) is 12.6. The molecule has 0 spiro atoms. The molecule has 9 nitrogen and oxygen atoms in total. The quantitative estimate of drug-likeness (QED) is 0.356. The van der Waals surface area contributed by atoms with E-state index in [-0.39, 0.29) is 6.61 Å². The third-order valence-corrected chi connectivity index (χ3v) is 6.40. The number of hydrogen-bond acceptors (Lipinski definition) is 9. The standard InChI is InChI=1S/C30H36O9/c1-30(2)37-18-28(38-25-10-8-7-9-22(25)32-3)29(39-30)20-12-14-24(27(16-20)35-6)36-17-21(31)19-11-13-23(33-4)26(15-19)34-5/h7-16,21,28-29,31H,17-18H2,1-6H3/t21?,28-,29+/m1/s1. The molecule has 9 heteroatoms. The molecule has 1 aliphatic rings. The number of hydrogen-bond donors (Lipinski definition) is 1. The van der Waals surface area contributed by atoms with Crippen molar-refractivity contribution in [2.45, 2.75) is 37.9 Å². The summed E-state index contributed by atoms with van der Waals surface area (Å²) in [6.45, 7) is 4.05. The second-order valence-electron chi connectivity index (χ2n) is 9.41. The second-order valence-corrected chi connectivity index (χ2v) is 9.41. The van der Waals surface area contributed by atoms with Gasteiger partial charge in [0.1, 0.15) is 18.8 Å². The van der Waals surface area contributed by atoms with Crippen LogP contribution in [0, 0.1) is 0 Å². The van der Waals surface area contributed by atoms with Gasteiger partial charge < -0.3 is 43.0 Å². The van der Waals surface area contributed by atoms with Crippen LogP contribution in [0.1, 0.15) is 37.2 Å². The summed E-state index contributed by atoms with van der Waals surface area (Å²) in [5, 5.41) is 10.7. The summed E-state index contributed by atoms with van der Waals surface area (Å²) in [6.07, 6.45) is -1.80. The van der Waals surface area contributed by atoms with Crippen molar-refractivity contribution in [3.63, 3.8) is 0 Å². The fourth-order valence-electron chi connectivity index (χ4n) is 4.35. The third kappa shape index (κ3) is 6.68. The van der Waals surface area contributed by atoms with E-state index in [2.05, 4.69) is 0 Å². The van der Waals surface area contributed by atoms with Crippen molar-refractivity contribution < 1.29 is 43.0 Å². The predicted octanol–water partition coefficient (Wildman–Crippen LogP) is 5.11. The molecule has 1 fully saturated rings. The van der Waals surface area contributed by atoms with Gasteiger partial charge in [-0.2, -0.15) is 0 Å². The molecule has 3 aromatic rings. The Kier molecular flexibility index (Phi) is 9.06. The maximum absolute atomic E-state index is 10.7. The molecule has 39 heavy (non-hydrogen) atoms. The summed E-state index contributed by atoms with van der Waals surface area (Å²) in [5.74, 6) is 2.49. The Bertz CT molecular complexity index is 1240. The van der Waals surface area contributed by atoms with E-state index in [4.69, 9.17) is 37.9 Å². The average Bonchev–Trinajstić information content (AvgIpc) is 2.96. The Hall–Kier alpha value is -3.66. The first-order chi connectivity index (χ1) is 18.8. The lowest BCUT2D eigenvalue weighted by Crippen LogP contribution is -2.46. The first-order valence-electron chi connectivity index (χ1n) is 12.6. The molecular formula is C30H36O9. The van der Waals surface area contributed by atoms with E-state index in [0.717, 1.165) is 5.56 Å². The van der Waals surface area contributed by atoms with Crippen molar-refractivity contribution >= 4 is 0 Å². The summed E-state index contributed by atoms with van der Waals surface area (Å²) >= 11 is 0. The first kappa shape index (κ1) is 28.4. The molecule has 1 saturated heterocycles. The monoisotopic (exact) mass is 540 g/mol. The van der Waals surface area contributed by atoms with Crippen LogP contribution < -0.4 is 28.4 Å². The zero-order valence-corrected chi connectivity index (χ0v) is 23.1. The molecule has 1 aliphatic heterocycles. The fraction of sp³-hybridized carbons (Fsp3) is 0.400. The lowest BCUT2D eigenvalue weighted by molar-refractivity contribution is -0.302. The molecule has 1 unspecified atom stereocenters. The maximum atomic E-state index is 10.7. The lowest BCUT2D eigenvalue weighted by atomic mass is 10.0. The van der Waals surface area contributed by atoms with Gasteiger partial charge in [0, 0.05) is 0 Å². The topological polar surface area (TPSA) is 94.1 Å². The lowest BCUT2D eigenvalue weighted by Gasteiger charge is -2.41. The number of aliphatic hydroxyl groups is 1. The van der Waals surface area contributed by atoms with Crippen molar-refractivity contribution in [3.05, 3.63) is 71.8 Å². The van der Waals surface area contributed by atoms with Gasteiger partial charge in [0.2, 0.25) is 0 Å². The number of ether oxygens (including phenoxy) is 8. The van der Waals surface area contributed by atoms with E-state index in [1.54, 1.807) is 52.7 Å². The molecule has 0 amide bonds. The van der Waals surface area contributed by atoms with Crippen LogP contribution in [-0.2, 0) is 9.47 Å². The van der Waals surface area contributed by atoms with Crippen LogP contribution in [0.2, 0.25) is 0 Å². The van der Waals surface area contributed by atoms with Crippen LogP contribution in [0.15, 0.2) is 60.7 Å². The minimum Gasteiger partial charge on any atom is -0.493 e. The van der Waals surface area contributed by atoms with Crippen LogP contribution in [0.4, 0.5) is 0 Å². The Labute approximate surface area is 229 Å². The fourth-order valence-corrected chi connectivity index (χ4v) is 4.35. The molecular weight excluding hydrogens is 504 g/mol. The molecule has 210 valence electrons. The zero-order chi connectivity index (χ0) is 28.0. The van der Waals surface area contributed by atoms with Gasteiger partial charge in [-0.1, -0.05) is 24.3 Å². The van der Waals surface area contributed by atoms with Gasteiger partial charge in [-0.25, -0.2) is 0 Å². The molecule has 4 rings (SSSR count). The van der Waals surface area contributed by atoms with E-state index < -0.39 is 24.1 Å². The predicted molar refractivity (Wildman–Crippen MR) is 144 cm³/mol. The third-order valence-electron chi connectivity index (χ3n) is 6.40. The minimum absolute atomic E-state index is 0.00548. The summed E-state index contributed by atoms with van der Waals surface area (Å²) < 4.78 is 46.2. The van der Waals surface area contributed by atoms with Gasteiger partial charge in [0.15, 0.2) is 46.4 Å². The van der Waals surface area contributed by atoms with Gasteiger partial charge in [0.25, 0.3) is 0 Å². The highest BCUT2D eigenvalue weighted by atomic mass is 16.7. The van der Waals surface area contributed by atoms with Crippen LogP contribution in [0.3, 0.4) is 0 Å². The van der Waals surface area contributed by atoms with Gasteiger partial charge in [-0.15, -0.1) is 0 Å². The Morgan fingerprint density at radius 3 is 2.10 bits per heavy atom. The molecule has 1 heterocycles. The van der Waals surface area contributed by atoms with Crippen LogP contribution >= 0.6 is 0 Å². The van der Waals surface area contributed by atoms with E-state index in [0.29, 0.717) is 46.7 Å². The summed E-state index contributed by atoms with van der Waals surface area (Å²) in [4.78, 5) is 0. The number of aliphatic hydroxyl groups excluding tert-OH is 1. The number of methoxy groups -OCH3 is 4. The SMILES string of the molecule is COc1ccc(C(O)COc2ccc([C@@H]3OC(C)(C)OC[C@H]3Oc3ccccc3OC)cc2OC)cc1OC. The summed E-state index contributed by atoms with van der Waals surface area (Å²) in [5.41, 5.74) is 1.47. The van der Waals surface area contributed by atoms with Crippen LogP contribution in [0.5, 0.6) is 34.5 Å². The van der Waals surface area contributed by atoms with Crippen molar-refractivity contribution in [1.29, 1.82) is 0 Å². The molecule has 0 saturated carbocycles. The van der Waals surface area contributed by atoms with E-state index in [1.807, 2.05) is 50.2 Å². The largest absolute Gasteiger partial charge is 0.493 e. The van der Waals surface area contributed by atoms with E-state index in [1.165, 1.54) is 0 Å². The molecule has 0 radical (unpaired) electrons. The van der Waals surface area contributed by atoms with Crippen molar-refractivity contribution in [3.8, 4) is 34.5 Å². The molecule has 0 bridgehead atoms. The number of benzene rings is 3. The van der Waals surface area contributed by atoms with Crippen molar-refractivity contribution in [2.75, 3.05) is 41.7 Å². The highest BCUT2D eigenvalue weighted by Gasteiger charge is 2.39. The molecule has 3 aromatic carbocycles. The van der Waals surface area contributed by atoms with Crippen molar-refractivity contribution in [1.82, 2.24) is 0 Å². The molecule has 3 atom stereocenters. The van der Waals surface area contributed by atoms with Crippen LogP contribution in [-0.4, -0.2) is 58.7 Å². The van der Waals surface area contributed by atoms with Crippen molar-refractivity contribution in [2.24, 2.45) is 0 Å². The smallest absolute Gasteiger partial charge is 0.163 e. The minimum atomic E-state index is -0.896. The van der Waals surface area contributed by atoms with E-state index in [9.17, 15) is 5.11 Å². The second kappa shape index (κ2) is 12.5. The summed E-state index contributed by atoms with van der Waals surface area (Å²) in [6, 6.07) is 18.2. The highest BCUT2D eigenvalue weighted by Crippen LogP contribution is 2.40. The molecule has 1 N–H and O–H groups in total. The Balaban J connectivity index is 1.52. The number of para-hydroxylation sites is 2. The number of rotatable bonds is 11. The molecule has 0 aliphatic carbocycles. The van der Waals surface area contributed by atoms with Gasteiger partial charge in [0.05, 0.1) is 35.0 Å². The normalized spacial score (nSPS) is 19.1. The van der Waals surface area contributed by atoms with Gasteiger partial charge >= 0.3 is 0 Å². The Morgan fingerprint density at radius 2 is 1.41 bits per heavy atom. The van der Waals surface area contributed by atoms with E-state index >= 15 is 0 Å². The van der Waals surface area contributed by atoms with Gasteiger partial charge in [-0.3, -0.25) is 0 Å². The average molecular weight is 541 g/mol. The Morgan fingerprint density at radius 1 is 0.795 bits per heavy atom. The molecule has 0 aromatic heterocycles. The maximum Gasteiger partial charge on any atom is 0.163 e. The summed E-state index contributed by atoms with van der Waals surface area (Å²) in [7, 11) is 6.27. The van der Waals surface area contributed by atoms with Crippen LogP contribution in [0.25, 0.3) is 0 Å².